The average molecular weight is 329 g/mol. The van der Waals surface area contributed by atoms with Crippen molar-refractivity contribution in [3.8, 4) is 0 Å². The Balaban J connectivity index is 2.27. The number of nitrogens with zero attached hydrogens (tertiary/aromatic N) is 2. The highest BCUT2D eigenvalue weighted by Gasteiger charge is 2.06. The van der Waals surface area contributed by atoms with Crippen LogP contribution in [0.25, 0.3) is 0 Å². The number of aromatic nitrogens is 2. The topological polar surface area (TPSA) is 49.8 Å². The molecule has 1 rings (SSSR count). The minimum absolute atomic E-state index is 0.850. The lowest BCUT2D eigenvalue weighted by molar-refractivity contribution is 0.616. The van der Waals surface area contributed by atoms with E-state index in [-0.39, 0.29) is 0 Å². The quantitative estimate of drug-likeness (QED) is 0.623. The predicted octanol–water partition coefficient (Wildman–Crippen LogP) is 4.44. The van der Waals surface area contributed by atoms with Crippen molar-refractivity contribution in [1.82, 2.24) is 9.97 Å². The molecule has 0 saturated carbocycles. The first kappa shape index (κ1) is 16.2. The van der Waals surface area contributed by atoms with E-state index in [4.69, 9.17) is 0 Å². The number of hydrogen-bond donors (Lipinski definition) is 2. The van der Waals surface area contributed by atoms with Crippen molar-refractivity contribution in [2.75, 3.05) is 23.7 Å². The Hall–Kier alpha value is -0.840. The third-order valence-corrected chi connectivity index (χ3v) is 3.71. The van der Waals surface area contributed by atoms with Crippen LogP contribution in [0.3, 0.4) is 0 Å². The largest absolute Gasteiger partial charge is 0.369 e. The molecule has 19 heavy (non-hydrogen) atoms. The smallest absolute Gasteiger partial charge is 0.145 e. The van der Waals surface area contributed by atoms with Crippen LogP contribution >= 0.6 is 15.9 Å². The van der Waals surface area contributed by atoms with Crippen LogP contribution in [0.1, 0.15) is 52.4 Å². The van der Waals surface area contributed by atoms with Crippen molar-refractivity contribution in [2.24, 2.45) is 0 Å². The zero-order chi connectivity index (χ0) is 13.9. The second kappa shape index (κ2) is 10.0. The Labute approximate surface area is 124 Å². The number of hydrogen-bond acceptors (Lipinski definition) is 4. The van der Waals surface area contributed by atoms with Crippen LogP contribution in [-0.2, 0) is 0 Å². The fourth-order valence-corrected chi connectivity index (χ4v) is 2.38. The summed E-state index contributed by atoms with van der Waals surface area (Å²) in [6.45, 7) is 6.12. The summed E-state index contributed by atoms with van der Waals surface area (Å²) in [5, 5.41) is 6.57. The molecule has 0 aliphatic heterocycles. The van der Waals surface area contributed by atoms with E-state index >= 15 is 0 Å². The van der Waals surface area contributed by atoms with Gasteiger partial charge in [0.1, 0.15) is 22.4 Å². The first-order valence-corrected chi connectivity index (χ1v) is 8.07. The third-order valence-electron chi connectivity index (χ3n) is 2.96. The number of halogens is 1. The Morgan fingerprint density at radius 2 is 1.58 bits per heavy atom. The maximum Gasteiger partial charge on any atom is 0.145 e. The third kappa shape index (κ3) is 6.23. The van der Waals surface area contributed by atoms with Gasteiger partial charge >= 0.3 is 0 Å². The highest BCUT2D eigenvalue weighted by atomic mass is 79.9. The minimum Gasteiger partial charge on any atom is -0.369 e. The molecule has 0 aliphatic rings. The van der Waals surface area contributed by atoms with E-state index in [9.17, 15) is 0 Å². The lowest BCUT2D eigenvalue weighted by atomic mass is 10.1. The Bertz CT molecular complexity index is 357. The standard InChI is InChI=1S/C14H25BrN4/c1-3-5-6-7-8-9-10-17-14-12(15)13(16-4-2)18-11-19-14/h11H,3-10H2,1-2H3,(H2,16,17,18,19). The molecule has 2 N–H and O–H groups in total. The highest BCUT2D eigenvalue weighted by molar-refractivity contribution is 9.10. The van der Waals surface area contributed by atoms with Gasteiger partial charge in [-0.1, -0.05) is 39.0 Å². The molecule has 0 bridgehead atoms. The van der Waals surface area contributed by atoms with Gasteiger partial charge in [-0.2, -0.15) is 0 Å². The van der Waals surface area contributed by atoms with Crippen LogP contribution in [0.15, 0.2) is 10.8 Å². The number of anilines is 2. The van der Waals surface area contributed by atoms with Gasteiger partial charge in [0.15, 0.2) is 0 Å². The van der Waals surface area contributed by atoms with E-state index in [0.29, 0.717) is 0 Å². The number of rotatable bonds is 10. The molecule has 1 heterocycles. The summed E-state index contributed by atoms with van der Waals surface area (Å²) in [5.41, 5.74) is 0. The molecule has 4 nitrogen and oxygen atoms in total. The monoisotopic (exact) mass is 328 g/mol. The van der Waals surface area contributed by atoms with E-state index in [1.54, 1.807) is 6.33 Å². The van der Waals surface area contributed by atoms with Gasteiger partial charge in [-0.15, -0.1) is 0 Å². The zero-order valence-electron chi connectivity index (χ0n) is 12.0. The van der Waals surface area contributed by atoms with Crippen molar-refractivity contribution >= 4 is 27.6 Å². The van der Waals surface area contributed by atoms with Crippen LogP contribution in [0.2, 0.25) is 0 Å². The first-order chi connectivity index (χ1) is 9.29. The lowest BCUT2D eigenvalue weighted by Crippen LogP contribution is -2.07. The molecule has 108 valence electrons. The fraction of sp³-hybridized carbons (Fsp3) is 0.714. The van der Waals surface area contributed by atoms with E-state index in [2.05, 4.69) is 50.4 Å². The normalized spacial score (nSPS) is 10.5. The van der Waals surface area contributed by atoms with Crippen LogP contribution in [-0.4, -0.2) is 23.1 Å². The van der Waals surface area contributed by atoms with Crippen molar-refractivity contribution in [3.05, 3.63) is 10.8 Å². The summed E-state index contributed by atoms with van der Waals surface area (Å²) in [7, 11) is 0. The average Bonchev–Trinajstić information content (AvgIpc) is 2.42. The van der Waals surface area contributed by atoms with Gasteiger partial charge in [-0.05, 0) is 29.3 Å². The van der Waals surface area contributed by atoms with E-state index in [0.717, 1.165) is 29.2 Å². The fourth-order valence-electron chi connectivity index (χ4n) is 1.90. The van der Waals surface area contributed by atoms with Gasteiger partial charge in [0.05, 0.1) is 0 Å². The molecule has 0 saturated heterocycles. The van der Waals surface area contributed by atoms with E-state index in [1.165, 1.54) is 38.5 Å². The molecular formula is C14H25BrN4. The molecule has 5 heteroatoms. The predicted molar refractivity (Wildman–Crippen MR) is 85.8 cm³/mol. The van der Waals surface area contributed by atoms with Crippen molar-refractivity contribution in [2.45, 2.75) is 52.4 Å². The lowest BCUT2D eigenvalue weighted by Gasteiger charge is -2.10. The highest BCUT2D eigenvalue weighted by Crippen LogP contribution is 2.26. The van der Waals surface area contributed by atoms with E-state index < -0.39 is 0 Å². The second-order valence-corrected chi connectivity index (χ2v) is 5.40. The molecule has 1 aromatic rings. The van der Waals surface area contributed by atoms with Crippen LogP contribution in [0.4, 0.5) is 11.6 Å². The second-order valence-electron chi connectivity index (χ2n) is 4.61. The van der Waals surface area contributed by atoms with Gasteiger partial charge in [-0.3, -0.25) is 0 Å². The first-order valence-electron chi connectivity index (χ1n) is 7.27. The molecular weight excluding hydrogens is 304 g/mol. The number of unbranched alkanes of at least 4 members (excludes halogenated alkanes) is 5. The maximum absolute atomic E-state index is 4.26. The van der Waals surface area contributed by atoms with Crippen molar-refractivity contribution < 1.29 is 0 Å². The Kier molecular flexibility index (Phi) is 8.54. The molecule has 0 fully saturated rings. The summed E-state index contributed by atoms with van der Waals surface area (Å²) in [6, 6.07) is 0. The summed E-state index contributed by atoms with van der Waals surface area (Å²) >= 11 is 3.54. The van der Waals surface area contributed by atoms with Crippen LogP contribution < -0.4 is 10.6 Å². The SMILES string of the molecule is CCCCCCCCNc1ncnc(NCC)c1Br. The van der Waals surface area contributed by atoms with Gasteiger partial charge in [0.2, 0.25) is 0 Å². The van der Waals surface area contributed by atoms with E-state index in [1.807, 2.05) is 0 Å². The van der Waals surface area contributed by atoms with Crippen molar-refractivity contribution in [1.29, 1.82) is 0 Å². The van der Waals surface area contributed by atoms with Crippen LogP contribution in [0.5, 0.6) is 0 Å². The maximum atomic E-state index is 4.26. The van der Waals surface area contributed by atoms with Crippen LogP contribution in [0, 0.1) is 0 Å². The van der Waals surface area contributed by atoms with Crippen molar-refractivity contribution in [3.63, 3.8) is 0 Å². The minimum atomic E-state index is 0.850. The molecule has 0 aromatic carbocycles. The molecule has 0 radical (unpaired) electrons. The Morgan fingerprint density at radius 1 is 0.947 bits per heavy atom. The molecule has 0 spiro atoms. The van der Waals surface area contributed by atoms with Gasteiger partial charge < -0.3 is 10.6 Å². The summed E-state index contributed by atoms with van der Waals surface area (Å²) in [6.07, 6.45) is 9.43. The summed E-state index contributed by atoms with van der Waals surface area (Å²) in [4.78, 5) is 8.46. The zero-order valence-corrected chi connectivity index (χ0v) is 13.6. The molecule has 1 aromatic heterocycles. The number of nitrogens with one attached hydrogen (secondary N) is 2. The molecule has 0 amide bonds. The molecule has 0 unspecified atom stereocenters. The summed E-state index contributed by atoms with van der Waals surface area (Å²) in [5.74, 6) is 1.72. The van der Waals surface area contributed by atoms with Gasteiger partial charge in [0, 0.05) is 13.1 Å². The molecule has 0 atom stereocenters. The van der Waals surface area contributed by atoms with Gasteiger partial charge in [-0.25, -0.2) is 9.97 Å². The summed E-state index contributed by atoms with van der Waals surface area (Å²) < 4.78 is 0.919. The molecule has 0 aliphatic carbocycles. The Morgan fingerprint density at radius 3 is 2.26 bits per heavy atom. The van der Waals surface area contributed by atoms with Gasteiger partial charge in [0.25, 0.3) is 0 Å².